The largest absolute Gasteiger partial charge is 0.493 e. The van der Waals surface area contributed by atoms with Crippen molar-refractivity contribution >= 4 is 0 Å². The van der Waals surface area contributed by atoms with E-state index in [-0.39, 0.29) is 11.7 Å². The number of ether oxygens (including phenoxy) is 1. The highest BCUT2D eigenvalue weighted by atomic mass is 19.4. The maximum Gasteiger partial charge on any atom is 0.416 e. The van der Waals surface area contributed by atoms with Crippen LogP contribution < -0.4 is 10.5 Å². The van der Waals surface area contributed by atoms with Gasteiger partial charge in [0.2, 0.25) is 0 Å². The molecule has 0 fully saturated rings. The van der Waals surface area contributed by atoms with Crippen molar-refractivity contribution in [3.05, 3.63) is 29.8 Å². The van der Waals surface area contributed by atoms with E-state index < -0.39 is 11.7 Å². The fourth-order valence-corrected chi connectivity index (χ4v) is 1.07. The Labute approximate surface area is 92.2 Å². The molecule has 0 saturated heterocycles. The van der Waals surface area contributed by atoms with Crippen molar-refractivity contribution in [3.8, 4) is 5.75 Å². The molecule has 16 heavy (non-hydrogen) atoms. The van der Waals surface area contributed by atoms with E-state index >= 15 is 0 Å². The molecule has 0 saturated carbocycles. The van der Waals surface area contributed by atoms with Crippen molar-refractivity contribution in [1.82, 2.24) is 0 Å². The van der Waals surface area contributed by atoms with Crippen LogP contribution >= 0.6 is 0 Å². The maximum atomic E-state index is 12.4. The van der Waals surface area contributed by atoms with Gasteiger partial charge in [0.25, 0.3) is 0 Å². The van der Waals surface area contributed by atoms with Gasteiger partial charge in [0.05, 0.1) is 12.2 Å². The first kappa shape index (κ1) is 12.8. The molecule has 1 atom stereocenters. The lowest BCUT2D eigenvalue weighted by atomic mass is 10.2. The highest BCUT2D eigenvalue weighted by Gasteiger charge is 2.30. The second kappa shape index (κ2) is 5.21. The summed E-state index contributed by atoms with van der Waals surface area (Å²) in [6, 6.07) is 4.83. The van der Waals surface area contributed by atoms with Gasteiger partial charge >= 0.3 is 6.18 Å². The Hall–Kier alpha value is -1.23. The van der Waals surface area contributed by atoms with Crippen LogP contribution in [0, 0.1) is 5.92 Å². The second-order valence-electron chi connectivity index (χ2n) is 3.68. The summed E-state index contributed by atoms with van der Waals surface area (Å²) in [4.78, 5) is 0. The lowest BCUT2D eigenvalue weighted by Gasteiger charge is -2.12. The quantitative estimate of drug-likeness (QED) is 0.867. The van der Waals surface area contributed by atoms with Gasteiger partial charge in [-0.1, -0.05) is 13.0 Å². The summed E-state index contributed by atoms with van der Waals surface area (Å²) in [5.41, 5.74) is 4.67. The van der Waals surface area contributed by atoms with Crippen LogP contribution in [0.5, 0.6) is 5.75 Å². The molecule has 0 aliphatic carbocycles. The monoisotopic (exact) mass is 233 g/mol. The van der Waals surface area contributed by atoms with Crippen LogP contribution in [-0.4, -0.2) is 13.2 Å². The van der Waals surface area contributed by atoms with Crippen molar-refractivity contribution in [2.24, 2.45) is 11.7 Å². The molecule has 0 aromatic heterocycles. The molecule has 2 nitrogen and oxygen atoms in total. The van der Waals surface area contributed by atoms with Gasteiger partial charge in [-0.05, 0) is 24.7 Å². The smallest absolute Gasteiger partial charge is 0.416 e. The van der Waals surface area contributed by atoms with Crippen molar-refractivity contribution < 1.29 is 17.9 Å². The van der Waals surface area contributed by atoms with E-state index in [2.05, 4.69) is 0 Å². The van der Waals surface area contributed by atoms with Gasteiger partial charge in [0, 0.05) is 5.92 Å². The Kier molecular flexibility index (Phi) is 4.18. The fourth-order valence-electron chi connectivity index (χ4n) is 1.07. The third-order valence-corrected chi connectivity index (χ3v) is 2.10. The number of nitrogens with two attached hydrogens (primary N) is 1. The molecule has 0 heterocycles. The molecular formula is C11H14F3NO. The first-order valence-electron chi connectivity index (χ1n) is 4.93. The average molecular weight is 233 g/mol. The van der Waals surface area contributed by atoms with Crippen molar-refractivity contribution in [2.45, 2.75) is 13.1 Å². The number of halogens is 3. The van der Waals surface area contributed by atoms with Crippen LogP contribution in [0.1, 0.15) is 12.5 Å². The van der Waals surface area contributed by atoms with E-state index in [1.54, 1.807) is 0 Å². The molecule has 0 amide bonds. The molecule has 1 aromatic carbocycles. The highest BCUT2D eigenvalue weighted by Crippen LogP contribution is 2.31. The molecule has 1 aromatic rings. The Morgan fingerprint density at radius 1 is 1.38 bits per heavy atom. The molecular weight excluding hydrogens is 219 g/mol. The Morgan fingerprint density at radius 2 is 2.06 bits per heavy atom. The van der Waals surface area contributed by atoms with Gasteiger partial charge in [-0.25, -0.2) is 0 Å². The van der Waals surface area contributed by atoms with Gasteiger partial charge in [0.1, 0.15) is 5.75 Å². The van der Waals surface area contributed by atoms with Crippen molar-refractivity contribution in [2.75, 3.05) is 13.2 Å². The third-order valence-electron chi connectivity index (χ3n) is 2.10. The Balaban J connectivity index is 2.68. The van der Waals surface area contributed by atoms with Crippen LogP contribution in [0.15, 0.2) is 24.3 Å². The summed E-state index contributed by atoms with van der Waals surface area (Å²) in [5.74, 6) is 0.338. The predicted octanol–water partition coefficient (Wildman–Crippen LogP) is 2.68. The van der Waals surface area contributed by atoms with E-state index in [1.165, 1.54) is 12.1 Å². The number of benzene rings is 1. The predicted molar refractivity (Wildman–Crippen MR) is 55.2 cm³/mol. The maximum absolute atomic E-state index is 12.4. The fraction of sp³-hybridized carbons (Fsp3) is 0.455. The number of alkyl halides is 3. The summed E-state index contributed by atoms with van der Waals surface area (Å²) in [6.45, 7) is 2.63. The van der Waals surface area contributed by atoms with E-state index in [9.17, 15) is 13.2 Å². The van der Waals surface area contributed by atoms with Crippen LogP contribution in [0.4, 0.5) is 13.2 Å². The average Bonchev–Trinajstić information content (AvgIpc) is 2.25. The van der Waals surface area contributed by atoms with E-state index in [4.69, 9.17) is 10.5 Å². The number of hydrogen-bond donors (Lipinski definition) is 1. The van der Waals surface area contributed by atoms with E-state index in [0.29, 0.717) is 13.2 Å². The number of rotatable bonds is 4. The first-order chi connectivity index (χ1) is 7.43. The molecule has 2 N–H and O–H groups in total. The lowest BCUT2D eigenvalue weighted by Crippen LogP contribution is -2.18. The minimum Gasteiger partial charge on any atom is -0.493 e. The van der Waals surface area contributed by atoms with Crippen LogP contribution in [0.3, 0.4) is 0 Å². The zero-order valence-electron chi connectivity index (χ0n) is 8.92. The van der Waals surface area contributed by atoms with Gasteiger partial charge < -0.3 is 10.5 Å². The summed E-state index contributed by atoms with van der Waals surface area (Å²) in [7, 11) is 0. The second-order valence-corrected chi connectivity index (χ2v) is 3.68. The van der Waals surface area contributed by atoms with E-state index in [0.717, 1.165) is 12.1 Å². The summed E-state index contributed by atoms with van der Waals surface area (Å²) in [5, 5.41) is 0. The van der Waals surface area contributed by atoms with Gasteiger partial charge in [-0.15, -0.1) is 0 Å². The van der Waals surface area contributed by atoms with Crippen LogP contribution in [-0.2, 0) is 6.18 Å². The Bertz CT molecular complexity index is 338. The molecule has 0 radical (unpaired) electrons. The Morgan fingerprint density at radius 3 is 2.62 bits per heavy atom. The SMILES string of the molecule is CC(CN)COc1cccc(C(F)(F)F)c1. The van der Waals surface area contributed by atoms with Gasteiger partial charge in [0.15, 0.2) is 0 Å². The zero-order chi connectivity index (χ0) is 12.2. The molecule has 90 valence electrons. The van der Waals surface area contributed by atoms with Gasteiger partial charge in [-0.2, -0.15) is 13.2 Å². The summed E-state index contributed by atoms with van der Waals surface area (Å²) >= 11 is 0. The molecule has 1 rings (SSSR count). The van der Waals surface area contributed by atoms with Gasteiger partial charge in [-0.3, -0.25) is 0 Å². The van der Waals surface area contributed by atoms with Crippen molar-refractivity contribution in [3.63, 3.8) is 0 Å². The normalized spacial score (nSPS) is 13.6. The van der Waals surface area contributed by atoms with Crippen molar-refractivity contribution in [1.29, 1.82) is 0 Å². The van der Waals surface area contributed by atoms with Crippen LogP contribution in [0.2, 0.25) is 0 Å². The molecule has 0 bridgehead atoms. The topological polar surface area (TPSA) is 35.2 Å². The summed E-state index contributed by atoms with van der Waals surface area (Å²) in [6.07, 6.45) is -4.33. The molecule has 0 aliphatic heterocycles. The minimum atomic E-state index is -4.33. The van der Waals surface area contributed by atoms with E-state index in [1.807, 2.05) is 6.92 Å². The number of hydrogen-bond acceptors (Lipinski definition) is 2. The molecule has 5 heteroatoms. The first-order valence-corrected chi connectivity index (χ1v) is 4.93. The zero-order valence-corrected chi connectivity index (χ0v) is 8.92. The molecule has 1 unspecified atom stereocenters. The standard InChI is InChI=1S/C11H14F3NO/c1-8(6-15)7-16-10-4-2-3-9(5-10)11(12,13)14/h2-5,8H,6-7,15H2,1H3. The van der Waals surface area contributed by atoms with Crippen LogP contribution in [0.25, 0.3) is 0 Å². The lowest BCUT2D eigenvalue weighted by molar-refractivity contribution is -0.137. The molecule has 0 aliphatic rings. The highest BCUT2D eigenvalue weighted by molar-refractivity contribution is 5.30. The summed E-state index contributed by atoms with van der Waals surface area (Å²) < 4.78 is 42.3. The molecule has 0 spiro atoms. The third kappa shape index (κ3) is 3.73. The minimum absolute atomic E-state index is 0.120.